The van der Waals surface area contributed by atoms with Crippen LogP contribution in [0.3, 0.4) is 0 Å². The highest BCUT2D eigenvalue weighted by Crippen LogP contribution is 2.39. The molecule has 0 spiro atoms. The highest BCUT2D eigenvalue weighted by molar-refractivity contribution is 5.99. The Morgan fingerprint density at radius 1 is 0.432 bits per heavy atom. The molecular formula is C41H29N3. The number of rotatable bonds is 6. The summed E-state index contributed by atoms with van der Waals surface area (Å²) in [5, 5.41) is 2.45. The molecule has 0 amide bonds. The van der Waals surface area contributed by atoms with Crippen LogP contribution in [0.25, 0.3) is 50.0 Å². The van der Waals surface area contributed by atoms with Crippen molar-refractivity contribution in [1.29, 1.82) is 0 Å². The first-order valence-corrected chi connectivity index (χ1v) is 14.9. The zero-order chi connectivity index (χ0) is 29.3. The van der Waals surface area contributed by atoms with Gasteiger partial charge in [-0.05, 0) is 71.1 Å². The summed E-state index contributed by atoms with van der Waals surface area (Å²) < 4.78 is 2.25. The Labute approximate surface area is 256 Å². The van der Waals surface area contributed by atoms with Gasteiger partial charge >= 0.3 is 0 Å². The lowest BCUT2D eigenvalue weighted by atomic mass is 10.0. The molecule has 0 atom stereocenters. The van der Waals surface area contributed by atoms with Crippen LogP contribution in [-0.4, -0.2) is 9.55 Å². The van der Waals surface area contributed by atoms with Gasteiger partial charge in [0.1, 0.15) is 5.82 Å². The van der Waals surface area contributed by atoms with Crippen molar-refractivity contribution in [2.24, 2.45) is 0 Å². The Kier molecular flexibility index (Phi) is 6.47. The van der Waals surface area contributed by atoms with E-state index in [1.54, 1.807) is 0 Å². The largest absolute Gasteiger partial charge is 0.310 e. The molecule has 3 nitrogen and oxygen atoms in total. The zero-order valence-corrected chi connectivity index (χ0v) is 24.1. The van der Waals surface area contributed by atoms with E-state index in [0.29, 0.717) is 0 Å². The molecular weight excluding hydrogens is 534 g/mol. The smallest absolute Gasteiger partial charge is 0.145 e. The van der Waals surface area contributed by atoms with E-state index < -0.39 is 0 Å². The van der Waals surface area contributed by atoms with Crippen LogP contribution in [0.1, 0.15) is 0 Å². The van der Waals surface area contributed by atoms with Crippen LogP contribution in [0.2, 0.25) is 0 Å². The maximum atomic E-state index is 4.99. The van der Waals surface area contributed by atoms with E-state index in [1.165, 1.54) is 21.9 Å². The third kappa shape index (κ3) is 4.61. The lowest BCUT2D eigenvalue weighted by Gasteiger charge is -2.27. The van der Waals surface area contributed by atoms with Crippen molar-refractivity contribution < 1.29 is 0 Å². The van der Waals surface area contributed by atoms with Gasteiger partial charge in [0.25, 0.3) is 0 Å². The molecule has 0 bridgehead atoms. The van der Waals surface area contributed by atoms with Gasteiger partial charge in [0.05, 0.1) is 16.7 Å². The lowest BCUT2D eigenvalue weighted by Crippen LogP contribution is -2.10. The van der Waals surface area contributed by atoms with Gasteiger partial charge in [0, 0.05) is 28.0 Å². The maximum absolute atomic E-state index is 4.99. The first kappa shape index (κ1) is 25.8. The number of fused-ring (bicyclic) bond motifs is 2. The van der Waals surface area contributed by atoms with Crippen molar-refractivity contribution in [2.75, 3.05) is 4.90 Å². The van der Waals surface area contributed by atoms with Crippen LogP contribution in [0.4, 0.5) is 17.1 Å². The molecule has 0 aliphatic carbocycles. The van der Waals surface area contributed by atoms with Gasteiger partial charge in [-0.2, -0.15) is 0 Å². The molecule has 8 rings (SSSR count). The van der Waals surface area contributed by atoms with Crippen molar-refractivity contribution in [3.8, 4) is 28.2 Å². The first-order chi connectivity index (χ1) is 21.8. The SMILES string of the molecule is c1ccc(-c2nc3ccccc3n2-c2ccc(-c3ccc(N(c4ccccc4)c4cccc5ccccc45)cc3)cc2)cc1. The molecule has 0 N–H and O–H groups in total. The molecule has 0 saturated heterocycles. The molecule has 0 aliphatic heterocycles. The number of hydrogen-bond donors (Lipinski definition) is 0. The molecule has 1 heterocycles. The van der Waals surface area contributed by atoms with Crippen LogP contribution >= 0.6 is 0 Å². The standard InChI is InChI=1S/C41H29N3/c1-3-13-33(14-4-1)41-42-38-19-9-10-20-40(38)44(41)36-28-24-31(25-29-36)30-22-26-35(27-23-30)43(34-16-5-2-6-17-34)39-21-11-15-32-12-7-8-18-37(32)39/h1-29H. The van der Waals surface area contributed by atoms with Crippen LogP contribution < -0.4 is 4.90 Å². The van der Waals surface area contributed by atoms with E-state index in [9.17, 15) is 0 Å². The molecule has 0 radical (unpaired) electrons. The van der Waals surface area contributed by atoms with E-state index in [-0.39, 0.29) is 0 Å². The van der Waals surface area contributed by atoms with Crippen molar-refractivity contribution in [2.45, 2.75) is 0 Å². The second-order valence-electron chi connectivity index (χ2n) is 10.9. The molecule has 0 unspecified atom stereocenters. The molecule has 44 heavy (non-hydrogen) atoms. The number of anilines is 3. The molecule has 8 aromatic rings. The highest BCUT2D eigenvalue weighted by atomic mass is 15.1. The van der Waals surface area contributed by atoms with E-state index in [4.69, 9.17) is 4.98 Å². The van der Waals surface area contributed by atoms with Gasteiger partial charge in [-0.15, -0.1) is 0 Å². The van der Waals surface area contributed by atoms with E-state index in [0.717, 1.165) is 45.2 Å². The van der Waals surface area contributed by atoms with Crippen LogP contribution in [-0.2, 0) is 0 Å². The summed E-state index contributed by atoms with van der Waals surface area (Å²) in [4.78, 5) is 7.33. The lowest BCUT2D eigenvalue weighted by molar-refractivity contribution is 1.10. The number of imidazole rings is 1. The minimum atomic E-state index is 0.943. The van der Waals surface area contributed by atoms with Crippen molar-refractivity contribution in [3.63, 3.8) is 0 Å². The predicted molar refractivity (Wildman–Crippen MR) is 184 cm³/mol. The summed E-state index contributed by atoms with van der Waals surface area (Å²) in [5.74, 6) is 0.943. The Bertz CT molecular complexity index is 2190. The fourth-order valence-electron chi connectivity index (χ4n) is 6.08. The van der Waals surface area contributed by atoms with E-state index in [1.807, 2.05) is 12.1 Å². The molecule has 7 aromatic carbocycles. The number of aromatic nitrogens is 2. The Morgan fingerprint density at radius 2 is 1.02 bits per heavy atom. The first-order valence-electron chi connectivity index (χ1n) is 14.9. The molecule has 208 valence electrons. The molecule has 3 heteroatoms. The second kappa shape index (κ2) is 11.0. The van der Waals surface area contributed by atoms with Gasteiger partial charge in [0.15, 0.2) is 0 Å². The monoisotopic (exact) mass is 563 g/mol. The van der Waals surface area contributed by atoms with Gasteiger partial charge in [-0.3, -0.25) is 4.57 Å². The molecule has 0 aliphatic rings. The number of nitrogens with zero attached hydrogens (tertiary/aromatic N) is 3. The van der Waals surface area contributed by atoms with Gasteiger partial charge in [0.2, 0.25) is 0 Å². The van der Waals surface area contributed by atoms with Gasteiger partial charge in [-0.25, -0.2) is 4.98 Å². The summed E-state index contributed by atoms with van der Waals surface area (Å²) in [6.45, 7) is 0. The Hall–Kier alpha value is -5.93. The minimum absolute atomic E-state index is 0.943. The molecule has 0 fully saturated rings. The zero-order valence-electron chi connectivity index (χ0n) is 24.1. The molecule has 1 aromatic heterocycles. The highest BCUT2D eigenvalue weighted by Gasteiger charge is 2.16. The number of para-hydroxylation sites is 3. The third-order valence-electron chi connectivity index (χ3n) is 8.20. The van der Waals surface area contributed by atoms with Gasteiger partial charge in [-0.1, -0.05) is 121 Å². The summed E-state index contributed by atoms with van der Waals surface area (Å²) in [5.41, 5.74) is 10.0. The third-order valence-corrected chi connectivity index (χ3v) is 8.20. The van der Waals surface area contributed by atoms with E-state index in [2.05, 4.69) is 173 Å². The predicted octanol–water partition coefficient (Wildman–Crippen LogP) is 11.0. The summed E-state index contributed by atoms with van der Waals surface area (Å²) in [6, 6.07) is 62.0. The Morgan fingerprint density at radius 3 is 1.80 bits per heavy atom. The quantitative estimate of drug-likeness (QED) is 0.201. The van der Waals surface area contributed by atoms with Crippen LogP contribution in [0.15, 0.2) is 176 Å². The average Bonchev–Trinajstić information content (AvgIpc) is 3.50. The number of benzene rings is 7. The van der Waals surface area contributed by atoms with Crippen LogP contribution in [0.5, 0.6) is 0 Å². The summed E-state index contributed by atoms with van der Waals surface area (Å²) in [6.07, 6.45) is 0. The minimum Gasteiger partial charge on any atom is -0.310 e. The summed E-state index contributed by atoms with van der Waals surface area (Å²) >= 11 is 0. The normalized spacial score (nSPS) is 11.2. The fourth-order valence-corrected chi connectivity index (χ4v) is 6.08. The Balaban J connectivity index is 1.16. The number of hydrogen-bond acceptors (Lipinski definition) is 2. The topological polar surface area (TPSA) is 21.1 Å². The summed E-state index contributed by atoms with van der Waals surface area (Å²) in [7, 11) is 0. The van der Waals surface area contributed by atoms with Crippen molar-refractivity contribution in [3.05, 3.63) is 176 Å². The van der Waals surface area contributed by atoms with Gasteiger partial charge < -0.3 is 4.90 Å². The van der Waals surface area contributed by atoms with E-state index >= 15 is 0 Å². The fraction of sp³-hybridized carbons (Fsp3) is 0. The van der Waals surface area contributed by atoms with Crippen molar-refractivity contribution >= 4 is 38.9 Å². The van der Waals surface area contributed by atoms with Crippen LogP contribution in [0, 0.1) is 0 Å². The average molecular weight is 564 g/mol. The maximum Gasteiger partial charge on any atom is 0.145 e. The molecule has 0 saturated carbocycles. The second-order valence-corrected chi connectivity index (χ2v) is 10.9. The van der Waals surface area contributed by atoms with Crippen molar-refractivity contribution in [1.82, 2.24) is 9.55 Å².